The summed E-state index contributed by atoms with van der Waals surface area (Å²) in [7, 11) is 0. The average molecular weight is 241 g/mol. The Morgan fingerprint density at radius 2 is 1.83 bits per heavy atom. The number of phenols is 1. The van der Waals surface area contributed by atoms with Crippen LogP contribution in [0.1, 0.15) is 16.7 Å². The second-order valence-electron chi connectivity index (χ2n) is 4.64. The van der Waals surface area contributed by atoms with Crippen molar-refractivity contribution in [1.82, 2.24) is 0 Å². The lowest BCUT2D eigenvalue weighted by molar-refractivity contribution is 0.477. The van der Waals surface area contributed by atoms with E-state index in [9.17, 15) is 5.11 Å². The van der Waals surface area contributed by atoms with Crippen LogP contribution in [-0.2, 0) is 6.42 Å². The smallest absolute Gasteiger partial charge is 0.123 e. The molecule has 94 valence electrons. The molecule has 0 fully saturated rings. The Morgan fingerprint density at radius 1 is 1.06 bits per heavy atom. The van der Waals surface area contributed by atoms with Gasteiger partial charge in [0.05, 0.1) is 0 Å². The van der Waals surface area contributed by atoms with Crippen LogP contribution in [0.2, 0.25) is 0 Å². The second-order valence-corrected chi connectivity index (χ2v) is 4.64. The van der Waals surface area contributed by atoms with Crippen LogP contribution in [-0.4, -0.2) is 11.7 Å². The average Bonchev–Trinajstić information content (AvgIpc) is 2.36. The van der Waals surface area contributed by atoms with E-state index < -0.39 is 0 Å². The number of benzene rings is 2. The van der Waals surface area contributed by atoms with Crippen molar-refractivity contribution in [2.45, 2.75) is 20.3 Å². The Kier molecular flexibility index (Phi) is 3.68. The zero-order valence-corrected chi connectivity index (χ0v) is 10.9. The third-order valence-corrected chi connectivity index (χ3v) is 3.39. The molecule has 0 aliphatic heterocycles. The minimum atomic E-state index is 0.324. The summed E-state index contributed by atoms with van der Waals surface area (Å²) in [6.07, 6.45) is 0.831. The van der Waals surface area contributed by atoms with Crippen LogP contribution in [0, 0.1) is 13.8 Å². The van der Waals surface area contributed by atoms with Gasteiger partial charge in [0.15, 0.2) is 0 Å². The van der Waals surface area contributed by atoms with Gasteiger partial charge in [-0.25, -0.2) is 0 Å². The molecule has 0 radical (unpaired) electrons. The maximum absolute atomic E-state index is 10.0. The van der Waals surface area contributed by atoms with Crippen molar-refractivity contribution in [2.75, 3.05) is 6.54 Å². The summed E-state index contributed by atoms with van der Waals surface area (Å²) >= 11 is 0. The van der Waals surface area contributed by atoms with E-state index in [1.54, 1.807) is 6.07 Å². The summed E-state index contributed by atoms with van der Waals surface area (Å²) in [6, 6.07) is 11.9. The summed E-state index contributed by atoms with van der Waals surface area (Å²) in [5.41, 5.74) is 11.2. The van der Waals surface area contributed by atoms with Crippen LogP contribution in [0.5, 0.6) is 5.75 Å². The fourth-order valence-corrected chi connectivity index (χ4v) is 2.16. The van der Waals surface area contributed by atoms with Gasteiger partial charge >= 0.3 is 0 Å². The van der Waals surface area contributed by atoms with Gasteiger partial charge < -0.3 is 10.8 Å². The predicted octanol–water partition coefficient (Wildman–Crippen LogP) is 3.18. The van der Waals surface area contributed by atoms with Gasteiger partial charge in [-0.3, -0.25) is 0 Å². The molecule has 2 aromatic carbocycles. The number of rotatable bonds is 3. The van der Waals surface area contributed by atoms with Crippen LogP contribution in [0.3, 0.4) is 0 Å². The molecule has 0 bridgehead atoms. The first kappa shape index (κ1) is 12.7. The van der Waals surface area contributed by atoms with Crippen LogP contribution >= 0.6 is 0 Å². The fraction of sp³-hybridized carbons (Fsp3) is 0.250. The number of hydrogen-bond donors (Lipinski definition) is 2. The molecule has 0 saturated heterocycles. The van der Waals surface area contributed by atoms with Gasteiger partial charge in [-0.05, 0) is 61.2 Å². The molecule has 2 aromatic rings. The maximum Gasteiger partial charge on any atom is 0.123 e. The highest BCUT2D eigenvalue weighted by Gasteiger charge is 2.09. The van der Waals surface area contributed by atoms with Crippen molar-refractivity contribution < 1.29 is 5.11 Å². The number of aryl methyl sites for hydroxylation is 1. The molecule has 0 aliphatic carbocycles. The summed E-state index contributed by atoms with van der Waals surface area (Å²) in [5.74, 6) is 0.324. The van der Waals surface area contributed by atoms with Crippen LogP contribution in [0.4, 0.5) is 0 Å². The zero-order valence-electron chi connectivity index (χ0n) is 10.9. The molecule has 2 nitrogen and oxygen atoms in total. The fourth-order valence-electron chi connectivity index (χ4n) is 2.16. The summed E-state index contributed by atoms with van der Waals surface area (Å²) < 4.78 is 0. The van der Waals surface area contributed by atoms with Crippen LogP contribution < -0.4 is 5.73 Å². The highest BCUT2D eigenvalue weighted by atomic mass is 16.3. The van der Waals surface area contributed by atoms with Gasteiger partial charge in [-0.2, -0.15) is 0 Å². The van der Waals surface area contributed by atoms with E-state index in [4.69, 9.17) is 5.73 Å². The molecular weight excluding hydrogens is 222 g/mol. The van der Waals surface area contributed by atoms with Gasteiger partial charge in [0.1, 0.15) is 5.75 Å². The molecule has 0 spiro atoms. The van der Waals surface area contributed by atoms with E-state index in [1.807, 2.05) is 24.3 Å². The highest BCUT2D eigenvalue weighted by molar-refractivity contribution is 5.74. The minimum absolute atomic E-state index is 0.324. The van der Waals surface area contributed by atoms with Crippen molar-refractivity contribution in [1.29, 1.82) is 0 Å². The Morgan fingerprint density at radius 3 is 2.56 bits per heavy atom. The van der Waals surface area contributed by atoms with E-state index in [0.717, 1.165) is 23.1 Å². The molecule has 0 aromatic heterocycles. The molecule has 18 heavy (non-hydrogen) atoms. The van der Waals surface area contributed by atoms with E-state index in [0.29, 0.717) is 12.3 Å². The molecule has 0 amide bonds. The van der Waals surface area contributed by atoms with E-state index in [1.165, 1.54) is 11.1 Å². The third kappa shape index (κ3) is 2.39. The number of phenolic OH excluding ortho intramolecular Hbond substituents is 1. The molecule has 2 heteroatoms. The normalized spacial score (nSPS) is 10.6. The first-order chi connectivity index (χ1) is 8.63. The molecule has 0 aliphatic rings. The van der Waals surface area contributed by atoms with Crippen LogP contribution in [0.15, 0.2) is 36.4 Å². The molecule has 3 N–H and O–H groups in total. The Labute approximate surface area is 108 Å². The monoisotopic (exact) mass is 241 g/mol. The lowest BCUT2D eigenvalue weighted by Crippen LogP contribution is -2.02. The molecular formula is C16H19NO. The van der Waals surface area contributed by atoms with Crippen molar-refractivity contribution in [3.8, 4) is 16.9 Å². The van der Waals surface area contributed by atoms with Gasteiger partial charge in [-0.1, -0.05) is 24.3 Å². The Hall–Kier alpha value is -1.80. The van der Waals surface area contributed by atoms with E-state index in [-0.39, 0.29) is 0 Å². The molecule has 0 atom stereocenters. The quantitative estimate of drug-likeness (QED) is 0.867. The molecule has 2 rings (SSSR count). The van der Waals surface area contributed by atoms with Crippen LogP contribution in [0.25, 0.3) is 11.1 Å². The van der Waals surface area contributed by atoms with E-state index >= 15 is 0 Å². The molecule has 0 unspecified atom stereocenters. The maximum atomic E-state index is 10.0. The summed E-state index contributed by atoms with van der Waals surface area (Å²) in [6.45, 7) is 4.79. The van der Waals surface area contributed by atoms with Crippen molar-refractivity contribution in [2.24, 2.45) is 5.73 Å². The standard InChI is InChI=1S/C16H19NO/c1-11-4-3-5-14(12(11)2)15-10-13(8-9-17)6-7-16(15)18/h3-7,10,18H,8-9,17H2,1-2H3. The van der Waals surface area contributed by atoms with Gasteiger partial charge in [0.25, 0.3) is 0 Å². The first-order valence-electron chi connectivity index (χ1n) is 6.22. The topological polar surface area (TPSA) is 46.2 Å². The second kappa shape index (κ2) is 5.23. The third-order valence-electron chi connectivity index (χ3n) is 3.39. The van der Waals surface area contributed by atoms with Gasteiger partial charge in [-0.15, -0.1) is 0 Å². The molecule has 0 heterocycles. The Balaban J connectivity index is 2.55. The van der Waals surface area contributed by atoms with Gasteiger partial charge in [0, 0.05) is 5.56 Å². The lowest BCUT2D eigenvalue weighted by atomic mass is 9.94. The Bertz CT molecular complexity index is 561. The number of nitrogens with two attached hydrogens (primary N) is 1. The van der Waals surface area contributed by atoms with Crippen molar-refractivity contribution in [3.05, 3.63) is 53.1 Å². The zero-order chi connectivity index (χ0) is 13.1. The van der Waals surface area contributed by atoms with Crippen molar-refractivity contribution >= 4 is 0 Å². The summed E-state index contributed by atoms with van der Waals surface area (Å²) in [5, 5.41) is 10.0. The number of aromatic hydroxyl groups is 1. The number of hydrogen-bond acceptors (Lipinski definition) is 2. The SMILES string of the molecule is Cc1cccc(-c2cc(CCN)ccc2O)c1C. The van der Waals surface area contributed by atoms with Gasteiger partial charge in [0.2, 0.25) is 0 Å². The van der Waals surface area contributed by atoms with E-state index in [2.05, 4.69) is 19.9 Å². The predicted molar refractivity (Wildman–Crippen MR) is 75.8 cm³/mol. The highest BCUT2D eigenvalue weighted by Crippen LogP contribution is 2.33. The largest absolute Gasteiger partial charge is 0.507 e. The summed E-state index contributed by atoms with van der Waals surface area (Å²) in [4.78, 5) is 0. The lowest BCUT2D eigenvalue weighted by Gasteiger charge is -2.12. The minimum Gasteiger partial charge on any atom is -0.507 e. The van der Waals surface area contributed by atoms with Crippen molar-refractivity contribution in [3.63, 3.8) is 0 Å². The molecule has 0 saturated carbocycles. The first-order valence-corrected chi connectivity index (χ1v) is 6.22.